The smallest absolute Gasteiger partial charge is 0.265 e. The van der Waals surface area contributed by atoms with Crippen molar-refractivity contribution in [2.24, 2.45) is 0 Å². The van der Waals surface area contributed by atoms with Gasteiger partial charge in [-0.2, -0.15) is 5.26 Å². The van der Waals surface area contributed by atoms with E-state index in [4.69, 9.17) is 19.5 Å². The van der Waals surface area contributed by atoms with Crippen LogP contribution in [0.5, 0.6) is 17.2 Å². The molecule has 0 aliphatic rings. The number of hydrogen-bond acceptors (Lipinski definition) is 7. The number of nitrogens with zero attached hydrogens (tertiary/aromatic N) is 1. The Labute approximate surface area is 191 Å². The van der Waals surface area contributed by atoms with Gasteiger partial charge in [0.25, 0.3) is 15.9 Å². The van der Waals surface area contributed by atoms with Gasteiger partial charge < -0.3 is 19.5 Å². The van der Waals surface area contributed by atoms with Crippen molar-refractivity contribution in [3.8, 4) is 23.3 Å². The number of nitrogens with one attached hydrogen (secondary N) is 2. The predicted octanol–water partition coefficient (Wildman–Crippen LogP) is 3.39. The van der Waals surface area contributed by atoms with Crippen LogP contribution in [0.2, 0.25) is 0 Å². The third-order valence-corrected chi connectivity index (χ3v) is 5.83. The van der Waals surface area contributed by atoms with Crippen molar-refractivity contribution < 1.29 is 27.4 Å². The molecule has 0 unspecified atom stereocenters. The number of sulfonamides is 1. The molecule has 0 fully saturated rings. The van der Waals surface area contributed by atoms with Gasteiger partial charge in [-0.3, -0.25) is 9.52 Å². The summed E-state index contributed by atoms with van der Waals surface area (Å²) in [7, 11) is -1.15. The van der Waals surface area contributed by atoms with E-state index in [1.54, 1.807) is 48.5 Å². The summed E-state index contributed by atoms with van der Waals surface area (Å²) in [6.45, 7) is -0.301. The Morgan fingerprint density at radius 3 is 2.15 bits per heavy atom. The van der Waals surface area contributed by atoms with Gasteiger partial charge in [0.2, 0.25) is 0 Å². The van der Waals surface area contributed by atoms with Crippen molar-refractivity contribution in [3.05, 3.63) is 72.3 Å². The van der Waals surface area contributed by atoms with E-state index in [2.05, 4.69) is 10.0 Å². The number of carbonyl (C=O) groups excluding carboxylic acids is 1. The van der Waals surface area contributed by atoms with E-state index in [1.807, 2.05) is 6.07 Å². The summed E-state index contributed by atoms with van der Waals surface area (Å²) < 4.78 is 44.0. The number of carbonyl (C=O) groups is 1. The van der Waals surface area contributed by atoms with E-state index in [9.17, 15) is 13.2 Å². The molecule has 170 valence electrons. The van der Waals surface area contributed by atoms with Crippen LogP contribution >= 0.6 is 0 Å². The maximum atomic E-state index is 13.0. The molecule has 10 heteroatoms. The van der Waals surface area contributed by atoms with Gasteiger partial charge >= 0.3 is 0 Å². The number of ether oxygens (including phenoxy) is 3. The molecule has 0 aromatic heterocycles. The number of nitriles is 1. The average molecular weight is 468 g/mol. The first-order valence-corrected chi connectivity index (χ1v) is 11.1. The minimum atomic E-state index is -4.02. The van der Waals surface area contributed by atoms with Gasteiger partial charge in [0.15, 0.2) is 6.61 Å². The van der Waals surface area contributed by atoms with Gasteiger partial charge in [0.1, 0.15) is 22.1 Å². The van der Waals surface area contributed by atoms with Crippen LogP contribution in [0.3, 0.4) is 0 Å². The summed E-state index contributed by atoms with van der Waals surface area (Å²) in [5.74, 6) is 0.633. The highest BCUT2D eigenvalue weighted by atomic mass is 32.2. The van der Waals surface area contributed by atoms with Crippen LogP contribution in [0.15, 0.2) is 71.6 Å². The highest BCUT2D eigenvalue weighted by molar-refractivity contribution is 7.92. The number of hydrogen-bond donors (Lipinski definition) is 2. The molecule has 1 amide bonds. The zero-order valence-corrected chi connectivity index (χ0v) is 18.7. The SMILES string of the molecule is COc1ccc(NS(=O)(=O)c2cc(NC(=O)COc3ccc(C#N)cc3)ccc2OC)cc1. The quantitative estimate of drug-likeness (QED) is 0.494. The first kappa shape index (κ1) is 23.4. The van der Waals surface area contributed by atoms with Crippen molar-refractivity contribution in [1.82, 2.24) is 0 Å². The molecule has 0 saturated carbocycles. The van der Waals surface area contributed by atoms with E-state index in [0.29, 0.717) is 22.7 Å². The highest BCUT2D eigenvalue weighted by Crippen LogP contribution is 2.29. The molecule has 2 N–H and O–H groups in total. The summed E-state index contributed by atoms with van der Waals surface area (Å²) in [6, 6.07) is 18.9. The number of rotatable bonds is 9. The van der Waals surface area contributed by atoms with Crippen molar-refractivity contribution >= 4 is 27.3 Å². The van der Waals surface area contributed by atoms with E-state index >= 15 is 0 Å². The Bertz CT molecular complexity index is 1270. The van der Waals surface area contributed by atoms with Gasteiger partial charge in [-0.05, 0) is 66.7 Å². The van der Waals surface area contributed by atoms with Gasteiger partial charge in [-0.25, -0.2) is 8.42 Å². The van der Waals surface area contributed by atoms with Gasteiger partial charge in [0.05, 0.1) is 25.9 Å². The fourth-order valence-electron chi connectivity index (χ4n) is 2.81. The number of amides is 1. The zero-order chi connectivity index (χ0) is 23.8. The molecular formula is C23H21N3O6S. The van der Waals surface area contributed by atoms with Crippen LogP contribution in [0.25, 0.3) is 0 Å². The average Bonchev–Trinajstić information content (AvgIpc) is 2.83. The molecule has 9 nitrogen and oxygen atoms in total. The van der Waals surface area contributed by atoms with Crippen LogP contribution in [0.1, 0.15) is 5.56 Å². The maximum Gasteiger partial charge on any atom is 0.265 e. The van der Waals surface area contributed by atoms with Crippen LogP contribution in [0.4, 0.5) is 11.4 Å². The second-order valence-electron chi connectivity index (χ2n) is 6.67. The van der Waals surface area contributed by atoms with E-state index in [-0.39, 0.29) is 22.9 Å². The lowest BCUT2D eigenvalue weighted by Gasteiger charge is -2.14. The number of anilines is 2. The lowest BCUT2D eigenvalue weighted by molar-refractivity contribution is -0.118. The Morgan fingerprint density at radius 1 is 0.909 bits per heavy atom. The van der Waals surface area contributed by atoms with E-state index < -0.39 is 15.9 Å². The molecule has 0 saturated heterocycles. The molecule has 0 atom stereocenters. The molecule has 33 heavy (non-hydrogen) atoms. The van der Waals surface area contributed by atoms with Crippen molar-refractivity contribution in [2.45, 2.75) is 4.90 Å². The molecule has 0 spiro atoms. The van der Waals surface area contributed by atoms with Crippen molar-refractivity contribution in [2.75, 3.05) is 30.9 Å². The molecule has 0 heterocycles. The summed E-state index contributed by atoms with van der Waals surface area (Å²) >= 11 is 0. The normalized spacial score (nSPS) is 10.6. The maximum absolute atomic E-state index is 13.0. The van der Waals surface area contributed by atoms with E-state index in [1.165, 1.54) is 32.4 Å². The van der Waals surface area contributed by atoms with Crippen LogP contribution in [0, 0.1) is 11.3 Å². The number of methoxy groups -OCH3 is 2. The van der Waals surface area contributed by atoms with Crippen LogP contribution in [-0.2, 0) is 14.8 Å². The summed E-state index contributed by atoms with van der Waals surface area (Å²) in [5, 5.41) is 11.4. The molecule has 3 aromatic carbocycles. The lowest BCUT2D eigenvalue weighted by atomic mass is 10.2. The summed E-state index contributed by atoms with van der Waals surface area (Å²) in [4.78, 5) is 12.1. The minimum absolute atomic E-state index is 0.114. The molecular weight excluding hydrogens is 446 g/mol. The third-order valence-electron chi connectivity index (χ3n) is 4.43. The Hall–Kier alpha value is -4.23. The number of benzene rings is 3. The monoisotopic (exact) mass is 467 g/mol. The summed E-state index contributed by atoms with van der Waals surface area (Å²) in [6.07, 6.45) is 0. The second kappa shape index (κ2) is 10.4. The zero-order valence-electron chi connectivity index (χ0n) is 17.9. The topological polar surface area (TPSA) is 127 Å². The van der Waals surface area contributed by atoms with Crippen LogP contribution in [-0.4, -0.2) is 35.2 Å². The van der Waals surface area contributed by atoms with Gasteiger partial charge in [-0.15, -0.1) is 0 Å². The molecule has 0 radical (unpaired) electrons. The van der Waals surface area contributed by atoms with Crippen LogP contribution < -0.4 is 24.2 Å². The van der Waals surface area contributed by atoms with Crippen molar-refractivity contribution in [3.63, 3.8) is 0 Å². The first-order chi connectivity index (χ1) is 15.8. The first-order valence-electron chi connectivity index (χ1n) is 9.62. The van der Waals surface area contributed by atoms with Gasteiger partial charge in [-0.1, -0.05) is 0 Å². The Kier molecular flexibility index (Phi) is 7.38. The molecule has 3 aromatic rings. The third kappa shape index (κ3) is 6.15. The fraction of sp³-hybridized carbons (Fsp3) is 0.130. The highest BCUT2D eigenvalue weighted by Gasteiger charge is 2.21. The minimum Gasteiger partial charge on any atom is -0.497 e. The molecule has 0 aliphatic carbocycles. The second-order valence-corrected chi connectivity index (χ2v) is 8.32. The molecule has 0 aliphatic heterocycles. The lowest BCUT2D eigenvalue weighted by Crippen LogP contribution is -2.21. The largest absolute Gasteiger partial charge is 0.497 e. The van der Waals surface area contributed by atoms with Gasteiger partial charge in [0, 0.05) is 11.4 Å². The fourth-order valence-corrected chi connectivity index (χ4v) is 4.06. The van der Waals surface area contributed by atoms with Crippen molar-refractivity contribution in [1.29, 1.82) is 5.26 Å². The molecule has 0 bridgehead atoms. The molecule has 3 rings (SSSR count). The summed E-state index contributed by atoms with van der Waals surface area (Å²) in [5.41, 5.74) is 1.06. The standard InChI is InChI=1S/C23H21N3O6S/c1-30-19-10-5-17(6-11-19)26-33(28,29)22-13-18(7-12-21(22)31-2)25-23(27)15-32-20-8-3-16(14-24)4-9-20/h3-13,26H,15H2,1-2H3,(H,25,27). The Morgan fingerprint density at radius 2 is 1.55 bits per heavy atom. The Balaban J connectivity index is 1.72. The van der Waals surface area contributed by atoms with E-state index in [0.717, 1.165) is 0 Å². The predicted molar refractivity (Wildman–Crippen MR) is 122 cm³/mol.